The van der Waals surface area contributed by atoms with Crippen molar-refractivity contribution in [3.63, 3.8) is 0 Å². The van der Waals surface area contributed by atoms with Crippen molar-refractivity contribution in [2.24, 2.45) is 17.3 Å². The maximum atomic E-state index is 12.5. The van der Waals surface area contributed by atoms with Crippen LogP contribution in [0.2, 0.25) is 0 Å². The molecule has 8 heteroatoms. The Kier molecular flexibility index (Phi) is 5.48. The van der Waals surface area contributed by atoms with Crippen LogP contribution < -0.4 is 0 Å². The number of fused-ring (bicyclic) bond motifs is 3. The molecule has 6 atom stereocenters. The number of hydrogen-bond acceptors (Lipinski definition) is 8. The Labute approximate surface area is 175 Å². The van der Waals surface area contributed by atoms with E-state index < -0.39 is 54.7 Å². The maximum Gasteiger partial charge on any atom is 0.336 e. The van der Waals surface area contributed by atoms with Crippen molar-refractivity contribution in [2.75, 3.05) is 0 Å². The first-order chi connectivity index (χ1) is 14.1. The topological polar surface area (TPSA) is 97.4 Å². The van der Waals surface area contributed by atoms with Crippen molar-refractivity contribution < 1.29 is 38.1 Å². The largest absolute Gasteiger partial charge is 0.455 e. The first-order valence-electron chi connectivity index (χ1n) is 10.4. The summed E-state index contributed by atoms with van der Waals surface area (Å²) in [7, 11) is 0. The summed E-state index contributed by atoms with van der Waals surface area (Å²) in [6, 6.07) is 0. The summed E-state index contributed by atoms with van der Waals surface area (Å²) in [5.41, 5.74) is 2.04. The molecule has 0 amide bonds. The van der Waals surface area contributed by atoms with Gasteiger partial charge in [0, 0.05) is 19.4 Å². The van der Waals surface area contributed by atoms with Gasteiger partial charge in [-0.15, -0.1) is 0 Å². The second-order valence-corrected chi connectivity index (χ2v) is 9.17. The summed E-state index contributed by atoms with van der Waals surface area (Å²) in [4.78, 5) is 35.7. The highest BCUT2D eigenvalue weighted by Crippen LogP contribution is 2.51. The number of carbonyl (C=O) groups is 3. The highest BCUT2D eigenvalue weighted by Gasteiger charge is 2.64. The van der Waals surface area contributed by atoms with Crippen molar-refractivity contribution in [1.82, 2.24) is 0 Å². The van der Waals surface area contributed by atoms with E-state index in [0.29, 0.717) is 12.0 Å². The van der Waals surface area contributed by atoms with Crippen LogP contribution in [0.25, 0.3) is 0 Å². The lowest BCUT2D eigenvalue weighted by Gasteiger charge is -2.29. The van der Waals surface area contributed by atoms with Crippen molar-refractivity contribution in [3.8, 4) is 0 Å². The summed E-state index contributed by atoms with van der Waals surface area (Å²) in [6.45, 7) is 7.02. The Morgan fingerprint density at radius 2 is 1.90 bits per heavy atom. The zero-order valence-electron chi connectivity index (χ0n) is 17.7. The van der Waals surface area contributed by atoms with Crippen molar-refractivity contribution >= 4 is 17.9 Å². The van der Waals surface area contributed by atoms with Gasteiger partial charge in [0.1, 0.15) is 0 Å². The van der Waals surface area contributed by atoms with E-state index in [1.807, 2.05) is 6.08 Å². The molecule has 4 rings (SSSR count). The minimum atomic E-state index is -1.08. The van der Waals surface area contributed by atoms with Gasteiger partial charge in [-0.25, -0.2) is 4.79 Å². The third-order valence-corrected chi connectivity index (χ3v) is 6.15. The van der Waals surface area contributed by atoms with Gasteiger partial charge in [0.2, 0.25) is 12.6 Å². The molecule has 4 aliphatic rings. The first-order valence-corrected chi connectivity index (χ1v) is 10.4. The van der Waals surface area contributed by atoms with Gasteiger partial charge in [0.25, 0.3) is 0 Å². The second kappa shape index (κ2) is 7.81. The predicted octanol–water partition coefficient (Wildman–Crippen LogP) is 2.76. The molecule has 0 N–H and O–H groups in total. The number of allylic oxidation sites excluding steroid dienone is 3. The third-order valence-electron chi connectivity index (χ3n) is 6.15. The zero-order valence-corrected chi connectivity index (χ0v) is 17.7. The molecule has 3 fully saturated rings. The van der Waals surface area contributed by atoms with E-state index in [0.717, 1.165) is 19.3 Å². The number of carbonyl (C=O) groups excluding carboxylic acids is 3. The molecule has 0 aromatic heterocycles. The first kappa shape index (κ1) is 21.1. The van der Waals surface area contributed by atoms with Crippen LogP contribution in [0.4, 0.5) is 0 Å². The fraction of sp³-hybridized carbons (Fsp3) is 0.682. The lowest BCUT2D eigenvalue weighted by Crippen LogP contribution is -2.38. The molecule has 0 aromatic carbocycles. The molecule has 30 heavy (non-hydrogen) atoms. The van der Waals surface area contributed by atoms with Crippen LogP contribution in [0, 0.1) is 17.3 Å². The normalized spacial score (nSPS) is 37.9. The molecular formula is C22H28O8. The van der Waals surface area contributed by atoms with Gasteiger partial charge in [-0.05, 0) is 31.1 Å². The van der Waals surface area contributed by atoms with Gasteiger partial charge in [-0.2, -0.15) is 0 Å². The molecule has 0 bridgehead atoms. The summed E-state index contributed by atoms with van der Waals surface area (Å²) >= 11 is 0. The molecule has 0 unspecified atom stereocenters. The lowest BCUT2D eigenvalue weighted by atomic mass is 9.76. The molecule has 8 nitrogen and oxygen atoms in total. The lowest BCUT2D eigenvalue weighted by molar-refractivity contribution is -0.244. The fourth-order valence-electron chi connectivity index (χ4n) is 4.94. The van der Waals surface area contributed by atoms with Gasteiger partial charge in [0.15, 0.2) is 12.4 Å². The Bertz CT molecular complexity index is 810. The monoisotopic (exact) mass is 420 g/mol. The van der Waals surface area contributed by atoms with Gasteiger partial charge < -0.3 is 23.7 Å². The summed E-state index contributed by atoms with van der Waals surface area (Å²) in [6.07, 6.45) is 4.40. The average Bonchev–Trinajstić information content (AvgIpc) is 3.20. The van der Waals surface area contributed by atoms with E-state index in [-0.39, 0.29) is 5.41 Å². The van der Waals surface area contributed by atoms with E-state index >= 15 is 0 Å². The molecule has 0 aromatic rings. The minimum absolute atomic E-state index is 0.250. The Morgan fingerprint density at radius 3 is 2.57 bits per heavy atom. The van der Waals surface area contributed by atoms with Gasteiger partial charge in [-0.3, -0.25) is 9.59 Å². The smallest absolute Gasteiger partial charge is 0.336 e. The molecule has 0 spiro atoms. The molecule has 3 heterocycles. The quantitative estimate of drug-likeness (QED) is 0.296. The summed E-state index contributed by atoms with van der Waals surface area (Å²) < 4.78 is 27.4. The van der Waals surface area contributed by atoms with E-state index in [2.05, 4.69) is 19.9 Å². The maximum absolute atomic E-state index is 12.5. The highest BCUT2D eigenvalue weighted by molar-refractivity contribution is 5.91. The standard InChI is InChI=1S/C22H28O8/c1-11(23)26-17-16-15-14(8-7-13-6-5-9-22(3,4)10-13)18(25)28-19(15)29-20(16)30-21(17)27-12(2)24/h6,8,15-17,19-21H,5,7,9-10H2,1-4H3/b14-8-/t15-,16-,17-,19+,20+,21-/m0/s1. The number of rotatable bonds is 4. The van der Waals surface area contributed by atoms with Crippen LogP contribution in [0.15, 0.2) is 23.3 Å². The second-order valence-electron chi connectivity index (χ2n) is 9.17. The van der Waals surface area contributed by atoms with Crippen LogP contribution in [0.5, 0.6) is 0 Å². The summed E-state index contributed by atoms with van der Waals surface area (Å²) in [5, 5.41) is 0. The molecule has 0 radical (unpaired) electrons. The van der Waals surface area contributed by atoms with Crippen LogP contribution in [-0.4, -0.2) is 42.9 Å². The van der Waals surface area contributed by atoms with E-state index in [1.165, 1.54) is 19.4 Å². The zero-order chi connectivity index (χ0) is 21.6. The van der Waals surface area contributed by atoms with Crippen LogP contribution in [0.1, 0.15) is 53.4 Å². The Morgan fingerprint density at radius 1 is 1.17 bits per heavy atom. The average molecular weight is 420 g/mol. The van der Waals surface area contributed by atoms with Crippen LogP contribution in [0.3, 0.4) is 0 Å². The van der Waals surface area contributed by atoms with Crippen LogP contribution in [-0.2, 0) is 38.1 Å². The van der Waals surface area contributed by atoms with E-state index in [9.17, 15) is 14.4 Å². The van der Waals surface area contributed by atoms with Crippen molar-refractivity contribution in [1.29, 1.82) is 0 Å². The molecule has 3 saturated heterocycles. The molecule has 0 saturated carbocycles. The van der Waals surface area contributed by atoms with Gasteiger partial charge in [-0.1, -0.05) is 31.6 Å². The molecule has 3 aliphatic heterocycles. The number of ether oxygens (including phenoxy) is 5. The number of esters is 3. The predicted molar refractivity (Wildman–Crippen MR) is 102 cm³/mol. The Hall–Kier alpha value is -2.19. The molecule has 1 aliphatic carbocycles. The third kappa shape index (κ3) is 4.03. The van der Waals surface area contributed by atoms with Crippen LogP contribution >= 0.6 is 0 Å². The SMILES string of the molecule is CC(=O)O[C@H]1O[C@H]2O[C@H]3OC(=O)/C(=C\CC4=CCCC(C)(C)C4)[C@H]3[C@H]2[C@@H]1OC(C)=O. The number of hydrogen-bond donors (Lipinski definition) is 0. The van der Waals surface area contributed by atoms with E-state index in [1.54, 1.807) is 0 Å². The van der Waals surface area contributed by atoms with Gasteiger partial charge >= 0.3 is 17.9 Å². The Balaban J connectivity index is 1.57. The highest BCUT2D eigenvalue weighted by atomic mass is 16.8. The minimum Gasteiger partial charge on any atom is -0.455 e. The van der Waals surface area contributed by atoms with E-state index in [4.69, 9.17) is 23.7 Å². The van der Waals surface area contributed by atoms with Crippen molar-refractivity contribution in [2.45, 2.75) is 78.4 Å². The fourth-order valence-corrected chi connectivity index (χ4v) is 4.94. The molecular weight excluding hydrogens is 392 g/mol. The molecule has 164 valence electrons. The van der Waals surface area contributed by atoms with Gasteiger partial charge in [0.05, 0.1) is 11.8 Å². The summed E-state index contributed by atoms with van der Waals surface area (Å²) in [5.74, 6) is -2.48. The van der Waals surface area contributed by atoms with Crippen molar-refractivity contribution in [3.05, 3.63) is 23.3 Å².